The number of halogens is 3. The van der Waals surface area contributed by atoms with Crippen molar-refractivity contribution in [3.8, 4) is 0 Å². The molecule has 1 aliphatic carbocycles. The molecule has 2 bridgehead atoms. The number of carboxylic acids is 1. The monoisotopic (exact) mass is 571 g/mol. The second-order valence-corrected chi connectivity index (χ2v) is 11.6. The van der Waals surface area contributed by atoms with E-state index >= 15 is 0 Å². The van der Waals surface area contributed by atoms with Crippen molar-refractivity contribution in [3.05, 3.63) is 64.9 Å². The summed E-state index contributed by atoms with van der Waals surface area (Å²) in [6.45, 7) is -0.123. The zero-order valence-electron chi connectivity index (χ0n) is 21.5. The number of carboxylic acid groups (broad SMARTS) is 1. The Morgan fingerprint density at radius 3 is 2.42 bits per heavy atom. The Balaban J connectivity index is 1.20. The lowest BCUT2D eigenvalue weighted by Gasteiger charge is -2.40. The predicted molar refractivity (Wildman–Crippen MR) is 145 cm³/mol. The van der Waals surface area contributed by atoms with Gasteiger partial charge in [-0.3, -0.25) is 4.79 Å². The van der Waals surface area contributed by atoms with E-state index < -0.39 is 17.7 Å². The Labute approximate surface area is 232 Å². The van der Waals surface area contributed by atoms with Crippen LogP contribution in [0, 0.1) is 5.92 Å². The molecule has 3 N–H and O–H groups in total. The number of hydrogen-bond acceptors (Lipinski definition) is 7. The second-order valence-electron chi connectivity index (χ2n) is 10.8. The molecule has 1 saturated carbocycles. The van der Waals surface area contributed by atoms with Gasteiger partial charge in [-0.1, -0.05) is 18.2 Å². The van der Waals surface area contributed by atoms with E-state index in [-0.39, 0.29) is 59.0 Å². The number of Topliss-reactive ketones (excluding diaryl/α,β-unsaturated/α-hetero) is 1. The van der Waals surface area contributed by atoms with Crippen LogP contribution in [0.5, 0.6) is 0 Å². The van der Waals surface area contributed by atoms with Gasteiger partial charge in [0.2, 0.25) is 0 Å². The van der Waals surface area contributed by atoms with Gasteiger partial charge in [0.15, 0.2) is 11.5 Å². The Hall–Kier alpha value is -3.44. The number of rotatable bonds is 8. The van der Waals surface area contributed by atoms with Gasteiger partial charge in [0.05, 0.1) is 23.0 Å². The van der Waals surface area contributed by atoms with E-state index in [4.69, 9.17) is 10.5 Å². The number of aromatic carboxylic acids is 1. The smallest absolute Gasteiger partial charge is 0.417 e. The third kappa shape index (κ3) is 4.96. The number of anilines is 1. The maximum atomic E-state index is 13.7. The summed E-state index contributed by atoms with van der Waals surface area (Å²) in [5.74, 6) is -1.49. The summed E-state index contributed by atoms with van der Waals surface area (Å²) < 4.78 is 52.2. The average molecular weight is 572 g/mol. The standard InChI is InChI=1S/C29H28F3N3O4S/c30-29(31,32)23-4-2-1-3-20(23)25(33)22(27(36)15-5-6-15)14-39-19-11-16-7-8-17(12-19)35(16)18-9-10-21-24(13-18)40-34-26(21)28(37)38/h1-4,9-10,13,15-17,19H,5-8,11-12,14,33H2,(H,37,38)/t16-,17?,19?/m0/s1. The molecule has 3 heterocycles. The van der Waals surface area contributed by atoms with Gasteiger partial charge in [-0.15, -0.1) is 0 Å². The molecule has 3 fully saturated rings. The largest absolute Gasteiger partial charge is 0.476 e. The first-order chi connectivity index (χ1) is 19.1. The van der Waals surface area contributed by atoms with E-state index in [0.29, 0.717) is 31.1 Å². The number of benzene rings is 2. The van der Waals surface area contributed by atoms with Crippen molar-refractivity contribution in [2.24, 2.45) is 11.7 Å². The molecule has 210 valence electrons. The van der Waals surface area contributed by atoms with Gasteiger partial charge >= 0.3 is 12.1 Å². The number of fused-ring (bicyclic) bond motifs is 3. The zero-order valence-corrected chi connectivity index (χ0v) is 22.3. The number of carbonyl (C=O) groups excluding carboxylic acids is 1. The van der Waals surface area contributed by atoms with Crippen LogP contribution in [0.25, 0.3) is 15.8 Å². The lowest BCUT2D eigenvalue weighted by atomic mass is 9.96. The van der Waals surface area contributed by atoms with Crippen molar-refractivity contribution in [1.29, 1.82) is 0 Å². The number of carbonyl (C=O) groups is 2. The number of nitrogens with zero attached hydrogens (tertiary/aromatic N) is 2. The second kappa shape index (κ2) is 10.2. The lowest BCUT2D eigenvalue weighted by molar-refractivity contribution is -0.137. The Morgan fingerprint density at radius 1 is 1.07 bits per heavy atom. The molecule has 2 saturated heterocycles. The molecule has 3 aromatic rings. The van der Waals surface area contributed by atoms with Crippen LogP contribution < -0.4 is 10.6 Å². The summed E-state index contributed by atoms with van der Waals surface area (Å²) >= 11 is 1.17. The van der Waals surface area contributed by atoms with E-state index in [2.05, 4.69) is 9.27 Å². The van der Waals surface area contributed by atoms with E-state index in [0.717, 1.165) is 29.3 Å². The minimum atomic E-state index is -4.60. The van der Waals surface area contributed by atoms with Crippen LogP contribution in [0.1, 0.15) is 60.1 Å². The fourth-order valence-corrected chi connectivity index (χ4v) is 6.93. The van der Waals surface area contributed by atoms with Gasteiger partial charge in [-0.05, 0) is 74.3 Å². The van der Waals surface area contributed by atoms with Crippen molar-refractivity contribution >= 4 is 44.8 Å². The first kappa shape index (κ1) is 26.8. The number of ether oxygens (including phenoxy) is 1. The number of aromatic nitrogens is 1. The SMILES string of the molecule is NC(=C(COC1CC2CC[C@@H](C1)N2c1ccc2c(C(=O)O)nsc2c1)C(=O)C1CC1)c1ccccc1C(F)(F)F. The van der Waals surface area contributed by atoms with Crippen molar-refractivity contribution in [2.45, 2.75) is 62.9 Å². The van der Waals surface area contributed by atoms with Gasteiger partial charge in [-0.25, -0.2) is 4.79 Å². The van der Waals surface area contributed by atoms with Crippen LogP contribution in [0.3, 0.4) is 0 Å². The quantitative estimate of drug-likeness (QED) is 0.325. The molecule has 0 spiro atoms. The van der Waals surface area contributed by atoms with E-state index in [1.165, 1.54) is 29.7 Å². The molecule has 2 aromatic carbocycles. The zero-order chi connectivity index (χ0) is 28.2. The summed E-state index contributed by atoms with van der Waals surface area (Å²) in [5.41, 5.74) is 6.25. The maximum absolute atomic E-state index is 13.7. The van der Waals surface area contributed by atoms with Crippen LogP contribution in [-0.4, -0.2) is 46.0 Å². The van der Waals surface area contributed by atoms with Gasteiger partial charge < -0.3 is 20.5 Å². The summed E-state index contributed by atoms with van der Waals surface area (Å²) in [4.78, 5) is 26.9. The van der Waals surface area contributed by atoms with Gasteiger partial charge in [0.25, 0.3) is 0 Å². The van der Waals surface area contributed by atoms with Crippen molar-refractivity contribution < 1.29 is 32.6 Å². The van der Waals surface area contributed by atoms with Gasteiger partial charge in [-0.2, -0.15) is 17.5 Å². The fraction of sp³-hybridized carbons (Fsp3) is 0.414. The minimum Gasteiger partial charge on any atom is -0.476 e. The number of ketones is 1. The molecular weight excluding hydrogens is 543 g/mol. The predicted octanol–water partition coefficient (Wildman–Crippen LogP) is 5.88. The highest BCUT2D eigenvalue weighted by Gasteiger charge is 2.42. The summed E-state index contributed by atoms with van der Waals surface area (Å²) in [6.07, 6.45) is 0.0100. The number of hydrogen-bond donors (Lipinski definition) is 2. The topological polar surface area (TPSA) is 106 Å². The molecule has 7 nitrogen and oxygen atoms in total. The van der Waals surface area contributed by atoms with Crippen molar-refractivity contribution in [2.75, 3.05) is 11.5 Å². The summed E-state index contributed by atoms with van der Waals surface area (Å²) in [7, 11) is 0. The number of alkyl halides is 3. The Morgan fingerprint density at radius 2 is 1.77 bits per heavy atom. The van der Waals surface area contributed by atoms with Crippen molar-refractivity contribution in [1.82, 2.24) is 4.37 Å². The van der Waals surface area contributed by atoms with Crippen LogP contribution in [0.4, 0.5) is 18.9 Å². The minimum absolute atomic E-state index is 0.0587. The molecule has 2 unspecified atom stereocenters. The normalized spacial score (nSPS) is 23.4. The molecule has 40 heavy (non-hydrogen) atoms. The molecule has 1 aromatic heterocycles. The molecule has 6 rings (SSSR count). The number of nitrogens with two attached hydrogens (primary N) is 1. The van der Waals surface area contributed by atoms with Crippen molar-refractivity contribution in [3.63, 3.8) is 0 Å². The third-order valence-electron chi connectivity index (χ3n) is 8.20. The molecule has 2 aliphatic heterocycles. The molecule has 3 atom stereocenters. The van der Waals surface area contributed by atoms with E-state index in [1.54, 1.807) is 0 Å². The first-order valence-corrected chi connectivity index (χ1v) is 14.1. The highest BCUT2D eigenvalue weighted by Crippen LogP contribution is 2.42. The highest BCUT2D eigenvalue weighted by atomic mass is 32.1. The maximum Gasteiger partial charge on any atom is 0.417 e. The Kier molecular flexibility index (Phi) is 6.82. The average Bonchev–Trinajstić information content (AvgIpc) is 3.63. The molecule has 0 amide bonds. The van der Waals surface area contributed by atoms with Crippen LogP contribution in [0.2, 0.25) is 0 Å². The first-order valence-electron chi connectivity index (χ1n) is 13.3. The fourth-order valence-electron chi connectivity index (χ4n) is 6.13. The summed E-state index contributed by atoms with van der Waals surface area (Å²) in [5, 5.41) is 9.98. The van der Waals surface area contributed by atoms with Crippen LogP contribution in [0.15, 0.2) is 48.0 Å². The molecule has 0 radical (unpaired) electrons. The van der Waals surface area contributed by atoms with Crippen LogP contribution >= 0.6 is 11.5 Å². The van der Waals surface area contributed by atoms with E-state index in [1.807, 2.05) is 18.2 Å². The lowest BCUT2D eigenvalue weighted by Crippen LogP contribution is -2.45. The van der Waals surface area contributed by atoms with Crippen LogP contribution in [-0.2, 0) is 15.7 Å². The highest BCUT2D eigenvalue weighted by molar-refractivity contribution is 7.13. The third-order valence-corrected chi connectivity index (χ3v) is 9.01. The summed E-state index contributed by atoms with van der Waals surface area (Å²) in [6, 6.07) is 11.2. The molecule has 3 aliphatic rings. The Bertz CT molecular complexity index is 1500. The number of piperidine rings is 1. The van der Waals surface area contributed by atoms with Gasteiger partial charge in [0.1, 0.15) is 0 Å². The molecule has 11 heteroatoms. The van der Waals surface area contributed by atoms with E-state index in [9.17, 15) is 27.9 Å². The van der Waals surface area contributed by atoms with Gasteiger partial charge in [0, 0.05) is 45.9 Å². The molecular formula is C29H28F3N3O4S.